The predicted molar refractivity (Wildman–Crippen MR) is 95.2 cm³/mol. The van der Waals surface area contributed by atoms with Gasteiger partial charge in [0.25, 0.3) is 5.91 Å². The van der Waals surface area contributed by atoms with Crippen molar-refractivity contribution in [3.8, 4) is 5.75 Å². The van der Waals surface area contributed by atoms with Crippen molar-refractivity contribution in [2.24, 2.45) is 7.05 Å². The summed E-state index contributed by atoms with van der Waals surface area (Å²) in [6, 6.07) is 8.75. The standard InChI is InChI=1S/C18H24N4O3/c1-4-15(16-9-10-19-22(16)3)21-18(24)12-25-14-8-6-7-13(11-14)20-17(23)5-2/h6-11,15H,4-5,12H2,1-3H3,(H,20,23)(H,21,24)/t15-/m0/s1. The first kappa shape index (κ1) is 18.5. The van der Waals surface area contributed by atoms with Gasteiger partial charge in [0, 0.05) is 31.4 Å². The van der Waals surface area contributed by atoms with Crippen molar-refractivity contribution in [2.45, 2.75) is 32.7 Å². The Morgan fingerprint density at radius 2 is 2.04 bits per heavy atom. The van der Waals surface area contributed by atoms with Crippen molar-refractivity contribution in [1.82, 2.24) is 15.1 Å². The number of ether oxygens (including phenoxy) is 1. The fourth-order valence-corrected chi connectivity index (χ4v) is 2.41. The minimum absolute atomic E-state index is 0.0724. The van der Waals surface area contributed by atoms with Crippen LogP contribution in [0.5, 0.6) is 5.75 Å². The zero-order chi connectivity index (χ0) is 18.2. The summed E-state index contributed by atoms with van der Waals surface area (Å²) < 4.78 is 7.28. The van der Waals surface area contributed by atoms with Crippen LogP contribution < -0.4 is 15.4 Å². The topological polar surface area (TPSA) is 85.2 Å². The van der Waals surface area contributed by atoms with Gasteiger partial charge in [0.2, 0.25) is 5.91 Å². The molecule has 2 amide bonds. The van der Waals surface area contributed by atoms with Crippen LogP contribution in [-0.2, 0) is 16.6 Å². The Kier molecular flexibility index (Phi) is 6.56. The highest BCUT2D eigenvalue weighted by Crippen LogP contribution is 2.18. The largest absolute Gasteiger partial charge is 0.484 e. The molecule has 25 heavy (non-hydrogen) atoms. The van der Waals surface area contributed by atoms with E-state index in [0.29, 0.717) is 17.9 Å². The molecule has 7 heteroatoms. The molecule has 0 aliphatic carbocycles. The molecule has 0 bridgehead atoms. The second kappa shape index (κ2) is 8.86. The van der Waals surface area contributed by atoms with Crippen molar-refractivity contribution in [1.29, 1.82) is 0 Å². The van der Waals surface area contributed by atoms with Crippen molar-refractivity contribution in [2.75, 3.05) is 11.9 Å². The van der Waals surface area contributed by atoms with Crippen LogP contribution in [0.4, 0.5) is 5.69 Å². The molecule has 1 atom stereocenters. The zero-order valence-corrected chi connectivity index (χ0v) is 14.8. The molecule has 0 radical (unpaired) electrons. The number of aryl methyl sites for hydroxylation is 1. The Bertz CT molecular complexity index is 727. The molecule has 0 saturated carbocycles. The number of benzene rings is 1. The molecule has 0 aliphatic rings. The lowest BCUT2D eigenvalue weighted by molar-refractivity contribution is -0.124. The maximum atomic E-state index is 12.2. The van der Waals surface area contributed by atoms with Crippen molar-refractivity contribution >= 4 is 17.5 Å². The van der Waals surface area contributed by atoms with E-state index in [-0.39, 0.29) is 24.5 Å². The Balaban J connectivity index is 1.90. The van der Waals surface area contributed by atoms with E-state index in [1.54, 1.807) is 42.1 Å². The summed E-state index contributed by atoms with van der Waals surface area (Å²) in [5.41, 5.74) is 1.59. The monoisotopic (exact) mass is 344 g/mol. The van der Waals surface area contributed by atoms with Gasteiger partial charge in [-0.1, -0.05) is 19.9 Å². The maximum absolute atomic E-state index is 12.2. The van der Waals surface area contributed by atoms with Gasteiger partial charge in [-0.2, -0.15) is 5.10 Å². The first-order valence-corrected chi connectivity index (χ1v) is 8.33. The summed E-state index contributed by atoms with van der Waals surface area (Å²) >= 11 is 0. The molecule has 0 saturated heterocycles. The molecule has 7 nitrogen and oxygen atoms in total. The lowest BCUT2D eigenvalue weighted by Crippen LogP contribution is -2.33. The van der Waals surface area contributed by atoms with E-state index in [1.807, 2.05) is 20.0 Å². The predicted octanol–water partition coefficient (Wildman–Crippen LogP) is 2.41. The molecule has 0 spiro atoms. The van der Waals surface area contributed by atoms with E-state index >= 15 is 0 Å². The molecule has 1 heterocycles. The molecule has 2 aromatic rings. The van der Waals surface area contributed by atoms with Crippen molar-refractivity contribution in [3.63, 3.8) is 0 Å². The number of anilines is 1. The number of nitrogens with zero attached hydrogens (tertiary/aromatic N) is 2. The first-order valence-electron chi connectivity index (χ1n) is 8.33. The van der Waals surface area contributed by atoms with Crippen LogP contribution in [0.3, 0.4) is 0 Å². The lowest BCUT2D eigenvalue weighted by atomic mass is 10.1. The number of amides is 2. The van der Waals surface area contributed by atoms with Gasteiger partial charge in [-0.05, 0) is 24.6 Å². The van der Waals surface area contributed by atoms with Gasteiger partial charge >= 0.3 is 0 Å². The summed E-state index contributed by atoms with van der Waals surface area (Å²) in [4.78, 5) is 23.6. The minimum Gasteiger partial charge on any atom is -0.484 e. The van der Waals surface area contributed by atoms with Gasteiger partial charge in [0.05, 0.1) is 11.7 Å². The van der Waals surface area contributed by atoms with E-state index < -0.39 is 0 Å². The third-order valence-electron chi connectivity index (χ3n) is 3.77. The number of carbonyl (C=O) groups excluding carboxylic acids is 2. The van der Waals surface area contributed by atoms with Crippen LogP contribution in [-0.4, -0.2) is 28.2 Å². The van der Waals surface area contributed by atoms with Gasteiger partial charge in [0.15, 0.2) is 6.61 Å². The average molecular weight is 344 g/mol. The smallest absolute Gasteiger partial charge is 0.258 e. The van der Waals surface area contributed by atoms with E-state index in [1.165, 1.54) is 0 Å². The maximum Gasteiger partial charge on any atom is 0.258 e. The normalized spacial score (nSPS) is 11.6. The van der Waals surface area contributed by atoms with Crippen LogP contribution in [0.25, 0.3) is 0 Å². The van der Waals surface area contributed by atoms with Crippen LogP contribution in [0.15, 0.2) is 36.5 Å². The van der Waals surface area contributed by atoms with Gasteiger partial charge in [-0.25, -0.2) is 0 Å². The third-order valence-corrected chi connectivity index (χ3v) is 3.77. The van der Waals surface area contributed by atoms with Crippen molar-refractivity contribution in [3.05, 3.63) is 42.2 Å². The van der Waals surface area contributed by atoms with Gasteiger partial charge in [0.1, 0.15) is 5.75 Å². The Morgan fingerprint density at radius 3 is 2.68 bits per heavy atom. The Hall–Kier alpha value is -2.83. The quantitative estimate of drug-likeness (QED) is 0.770. The molecular weight excluding hydrogens is 320 g/mol. The fraction of sp³-hybridized carbons (Fsp3) is 0.389. The molecule has 0 fully saturated rings. The zero-order valence-electron chi connectivity index (χ0n) is 14.8. The van der Waals surface area contributed by atoms with Crippen LogP contribution in [0.1, 0.15) is 38.4 Å². The van der Waals surface area contributed by atoms with Crippen molar-refractivity contribution < 1.29 is 14.3 Å². The third kappa shape index (κ3) is 5.34. The molecule has 1 aromatic carbocycles. The van der Waals surface area contributed by atoms with E-state index in [9.17, 15) is 9.59 Å². The Labute approximate surface area is 147 Å². The highest BCUT2D eigenvalue weighted by Gasteiger charge is 2.16. The number of carbonyl (C=O) groups is 2. The summed E-state index contributed by atoms with van der Waals surface area (Å²) in [5.74, 6) is 0.241. The van der Waals surface area contributed by atoms with Gasteiger partial charge < -0.3 is 15.4 Å². The highest BCUT2D eigenvalue weighted by molar-refractivity contribution is 5.90. The minimum atomic E-state index is -0.212. The molecule has 0 unspecified atom stereocenters. The molecule has 2 N–H and O–H groups in total. The fourth-order valence-electron chi connectivity index (χ4n) is 2.41. The Morgan fingerprint density at radius 1 is 1.24 bits per heavy atom. The molecule has 134 valence electrons. The number of hydrogen-bond donors (Lipinski definition) is 2. The van der Waals surface area contributed by atoms with Crippen LogP contribution in [0.2, 0.25) is 0 Å². The number of rotatable bonds is 8. The van der Waals surface area contributed by atoms with E-state index in [4.69, 9.17) is 4.74 Å². The van der Waals surface area contributed by atoms with E-state index in [2.05, 4.69) is 15.7 Å². The van der Waals surface area contributed by atoms with Crippen LogP contribution >= 0.6 is 0 Å². The first-order chi connectivity index (χ1) is 12.0. The molecule has 1 aromatic heterocycles. The number of aromatic nitrogens is 2. The van der Waals surface area contributed by atoms with Gasteiger partial charge in [-0.15, -0.1) is 0 Å². The van der Waals surface area contributed by atoms with E-state index in [0.717, 1.165) is 12.1 Å². The average Bonchev–Trinajstić information content (AvgIpc) is 3.04. The highest BCUT2D eigenvalue weighted by atomic mass is 16.5. The molecule has 2 rings (SSSR count). The number of hydrogen-bond acceptors (Lipinski definition) is 4. The van der Waals surface area contributed by atoms with Crippen LogP contribution in [0, 0.1) is 0 Å². The summed E-state index contributed by atoms with van der Waals surface area (Å²) in [6.45, 7) is 3.69. The second-order valence-corrected chi connectivity index (χ2v) is 5.63. The number of nitrogens with one attached hydrogen (secondary N) is 2. The molecular formula is C18H24N4O3. The summed E-state index contributed by atoms with van der Waals surface area (Å²) in [5, 5.41) is 9.82. The summed E-state index contributed by atoms with van der Waals surface area (Å²) in [6.07, 6.45) is 2.86. The lowest BCUT2D eigenvalue weighted by Gasteiger charge is -2.17. The van der Waals surface area contributed by atoms with Gasteiger partial charge in [-0.3, -0.25) is 14.3 Å². The molecule has 0 aliphatic heterocycles. The SMILES string of the molecule is CCC(=O)Nc1cccc(OCC(=O)N[C@@H](CC)c2ccnn2C)c1. The summed E-state index contributed by atoms with van der Waals surface area (Å²) in [7, 11) is 1.84. The second-order valence-electron chi connectivity index (χ2n) is 5.63.